The minimum absolute atomic E-state index is 0.0206. The van der Waals surface area contributed by atoms with Crippen molar-refractivity contribution in [3.8, 4) is 0 Å². The van der Waals surface area contributed by atoms with Gasteiger partial charge in [0, 0.05) is 55.5 Å². The van der Waals surface area contributed by atoms with Crippen LogP contribution in [0.25, 0.3) is 0 Å². The van der Waals surface area contributed by atoms with Crippen molar-refractivity contribution in [2.24, 2.45) is 11.8 Å². The number of rotatable bonds is 3. The van der Waals surface area contributed by atoms with E-state index in [2.05, 4.69) is 14.9 Å². The van der Waals surface area contributed by atoms with E-state index in [1.165, 1.54) is 10.9 Å². The Hall–Kier alpha value is -2.41. The lowest BCUT2D eigenvalue weighted by molar-refractivity contribution is -0.131. The number of anilines is 1. The second-order valence-electron chi connectivity index (χ2n) is 7.45. The van der Waals surface area contributed by atoms with Crippen LogP contribution in [-0.4, -0.2) is 51.5 Å². The Kier molecular flexibility index (Phi) is 4.63. The fourth-order valence-electron chi connectivity index (χ4n) is 3.97. The summed E-state index contributed by atoms with van der Waals surface area (Å²) in [6.07, 6.45) is 3.13. The molecule has 4 heterocycles. The second kappa shape index (κ2) is 6.96. The van der Waals surface area contributed by atoms with Crippen LogP contribution in [0.15, 0.2) is 29.5 Å². The van der Waals surface area contributed by atoms with E-state index in [0.29, 0.717) is 28.1 Å². The normalized spacial score (nSPS) is 21.6. The molecule has 2 saturated heterocycles. The van der Waals surface area contributed by atoms with Gasteiger partial charge < -0.3 is 9.80 Å². The van der Waals surface area contributed by atoms with E-state index in [-0.39, 0.29) is 18.0 Å². The quantitative estimate of drug-likeness (QED) is 0.798. The fraction of sp³-hybridized carbons (Fsp3) is 0.474. The highest BCUT2D eigenvalue weighted by Gasteiger charge is 2.41. The van der Waals surface area contributed by atoms with E-state index in [1.54, 1.807) is 20.0 Å². The Labute approximate surface area is 162 Å². The SMILES string of the molecule is Cc1ncn(CC(=O)N2CC3CN(c4ccc(Cl)cn4)CC3C2)c(=O)c1C. The highest BCUT2D eigenvalue weighted by molar-refractivity contribution is 6.30. The first kappa shape index (κ1) is 18.0. The summed E-state index contributed by atoms with van der Waals surface area (Å²) < 4.78 is 1.41. The highest BCUT2D eigenvalue weighted by atomic mass is 35.5. The van der Waals surface area contributed by atoms with Crippen LogP contribution in [0.5, 0.6) is 0 Å². The second-order valence-corrected chi connectivity index (χ2v) is 7.88. The topological polar surface area (TPSA) is 71.3 Å². The molecule has 2 aromatic heterocycles. The van der Waals surface area contributed by atoms with Crippen LogP contribution in [0.4, 0.5) is 5.82 Å². The van der Waals surface area contributed by atoms with E-state index in [0.717, 1.165) is 32.0 Å². The summed E-state index contributed by atoms with van der Waals surface area (Å²) in [5.41, 5.74) is 1.15. The summed E-state index contributed by atoms with van der Waals surface area (Å²) >= 11 is 5.91. The summed E-state index contributed by atoms with van der Waals surface area (Å²) in [6, 6.07) is 3.79. The van der Waals surface area contributed by atoms with Gasteiger partial charge in [0.05, 0.1) is 11.3 Å². The van der Waals surface area contributed by atoms with Crippen LogP contribution in [0, 0.1) is 25.7 Å². The number of hydrogen-bond acceptors (Lipinski definition) is 5. The molecule has 2 aromatic rings. The van der Waals surface area contributed by atoms with E-state index in [1.807, 2.05) is 17.0 Å². The molecular weight excluding hydrogens is 366 g/mol. The zero-order chi connectivity index (χ0) is 19.1. The molecule has 0 spiro atoms. The average Bonchev–Trinajstić information content (AvgIpc) is 3.22. The van der Waals surface area contributed by atoms with Crippen LogP contribution >= 0.6 is 11.6 Å². The first-order valence-electron chi connectivity index (χ1n) is 9.09. The van der Waals surface area contributed by atoms with Gasteiger partial charge in [0.1, 0.15) is 12.4 Å². The molecule has 142 valence electrons. The number of pyridine rings is 1. The van der Waals surface area contributed by atoms with Crippen molar-refractivity contribution in [3.05, 3.63) is 51.3 Å². The summed E-state index contributed by atoms with van der Waals surface area (Å²) in [5, 5.41) is 0.631. The molecule has 8 heteroatoms. The molecule has 7 nitrogen and oxygen atoms in total. The number of fused-ring (bicyclic) bond motifs is 1. The summed E-state index contributed by atoms with van der Waals surface area (Å²) in [7, 11) is 0. The summed E-state index contributed by atoms with van der Waals surface area (Å²) in [5.74, 6) is 1.77. The molecule has 2 unspecified atom stereocenters. The van der Waals surface area contributed by atoms with Gasteiger partial charge in [-0.3, -0.25) is 14.2 Å². The van der Waals surface area contributed by atoms with Crippen LogP contribution in [-0.2, 0) is 11.3 Å². The first-order chi connectivity index (χ1) is 12.9. The minimum atomic E-state index is -0.143. The van der Waals surface area contributed by atoms with Gasteiger partial charge in [0.2, 0.25) is 5.91 Å². The van der Waals surface area contributed by atoms with Gasteiger partial charge in [-0.05, 0) is 26.0 Å². The fourth-order valence-corrected chi connectivity index (χ4v) is 4.08. The number of amides is 1. The predicted molar refractivity (Wildman–Crippen MR) is 103 cm³/mol. The molecule has 0 radical (unpaired) electrons. The Balaban J connectivity index is 1.39. The predicted octanol–water partition coefficient (Wildman–Crippen LogP) is 1.50. The van der Waals surface area contributed by atoms with Crippen LogP contribution in [0.3, 0.4) is 0 Å². The third-order valence-corrected chi connectivity index (χ3v) is 5.92. The lowest BCUT2D eigenvalue weighted by Crippen LogP contribution is -2.38. The third-order valence-electron chi connectivity index (χ3n) is 5.70. The Bertz CT molecular complexity index is 913. The molecule has 0 aromatic carbocycles. The van der Waals surface area contributed by atoms with Crippen molar-refractivity contribution in [2.75, 3.05) is 31.1 Å². The Morgan fingerprint density at radius 2 is 1.85 bits per heavy atom. The minimum Gasteiger partial charge on any atom is -0.356 e. The van der Waals surface area contributed by atoms with Gasteiger partial charge in [0.25, 0.3) is 5.56 Å². The third kappa shape index (κ3) is 3.43. The molecule has 2 aliphatic rings. The van der Waals surface area contributed by atoms with Crippen LogP contribution in [0.1, 0.15) is 11.3 Å². The van der Waals surface area contributed by atoms with Crippen molar-refractivity contribution in [3.63, 3.8) is 0 Å². The molecule has 4 rings (SSSR count). The lowest BCUT2D eigenvalue weighted by atomic mass is 10.0. The number of aryl methyl sites for hydroxylation is 1. The van der Waals surface area contributed by atoms with Gasteiger partial charge in [-0.1, -0.05) is 11.6 Å². The molecule has 0 N–H and O–H groups in total. The number of aromatic nitrogens is 3. The van der Waals surface area contributed by atoms with Crippen molar-refractivity contribution in [1.29, 1.82) is 0 Å². The van der Waals surface area contributed by atoms with E-state index < -0.39 is 0 Å². The number of hydrogen-bond donors (Lipinski definition) is 0. The van der Waals surface area contributed by atoms with Crippen LogP contribution in [0.2, 0.25) is 5.02 Å². The van der Waals surface area contributed by atoms with E-state index >= 15 is 0 Å². The van der Waals surface area contributed by atoms with Crippen molar-refractivity contribution in [1.82, 2.24) is 19.4 Å². The number of nitrogens with zero attached hydrogens (tertiary/aromatic N) is 5. The van der Waals surface area contributed by atoms with Gasteiger partial charge in [-0.2, -0.15) is 0 Å². The molecule has 2 atom stereocenters. The summed E-state index contributed by atoms with van der Waals surface area (Å²) in [6.45, 7) is 6.80. The molecule has 0 bridgehead atoms. The highest BCUT2D eigenvalue weighted by Crippen LogP contribution is 2.33. The maximum absolute atomic E-state index is 12.7. The maximum Gasteiger partial charge on any atom is 0.256 e. The number of carbonyl (C=O) groups excluding carboxylic acids is 1. The lowest BCUT2D eigenvalue weighted by Gasteiger charge is -2.22. The smallest absolute Gasteiger partial charge is 0.256 e. The maximum atomic E-state index is 12.7. The molecule has 2 fully saturated rings. The molecule has 2 aliphatic heterocycles. The molecule has 1 amide bonds. The standard InChI is InChI=1S/C19H22ClN5O2/c1-12-13(2)22-11-25(19(12)27)10-18(26)24-8-14-6-23(7-15(14)9-24)17-4-3-16(20)5-21-17/h3-5,11,14-15H,6-10H2,1-2H3. The zero-order valence-corrected chi connectivity index (χ0v) is 16.2. The van der Waals surface area contributed by atoms with Crippen molar-refractivity contribution < 1.29 is 4.79 Å². The molecule has 27 heavy (non-hydrogen) atoms. The van der Waals surface area contributed by atoms with Crippen molar-refractivity contribution >= 4 is 23.3 Å². The average molecular weight is 388 g/mol. The van der Waals surface area contributed by atoms with Gasteiger partial charge in [0.15, 0.2) is 0 Å². The largest absolute Gasteiger partial charge is 0.356 e. The number of likely N-dealkylation sites (tertiary alicyclic amines) is 1. The Morgan fingerprint density at radius 3 is 2.48 bits per heavy atom. The van der Waals surface area contributed by atoms with Gasteiger partial charge in [-0.25, -0.2) is 9.97 Å². The van der Waals surface area contributed by atoms with E-state index in [9.17, 15) is 9.59 Å². The monoisotopic (exact) mass is 387 g/mol. The van der Waals surface area contributed by atoms with Gasteiger partial charge in [-0.15, -0.1) is 0 Å². The van der Waals surface area contributed by atoms with Crippen LogP contribution < -0.4 is 10.5 Å². The number of halogens is 1. The Morgan fingerprint density at radius 1 is 1.15 bits per heavy atom. The molecule has 0 aliphatic carbocycles. The summed E-state index contributed by atoms with van der Waals surface area (Å²) in [4.78, 5) is 37.7. The molecular formula is C19H22ClN5O2. The zero-order valence-electron chi connectivity index (χ0n) is 15.4. The number of carbonyl (C=O) groups is 1. The van der Waals surface area contributed by atoms with E-state index in [4.69, 9.17) is 11.6 Å². The van der Waals surface area contributed by atoms with Crippen molar-refractivity contribution in [2.45, 2.75) is 20.4 Å². The molecule has 0 saturated carbocycles. The van der Waals surface area contributed by atoms with Gasteiger partial charge >= 0.3 is 0 Å². The first-order valence-corrected chi connectivity index (χ1v) is 9.47.